The predicted octanol–water partition coefficient (Wildman–Crippen LogP) is 0.366. The Bertz CT molecular complexity index is 985. The molecule has 1 aromatic heterocycles. The number of rotatable bonds is 6. The first-order chi connectivity index (χ1) is 14.7. The molecule has 0 spiro atoms. The van der Waals surface area contributed by atoms with Crippen LogP contribution in [0.3, 0.4) is 0 Å². The van der Waals surface area contributed by atoms with E-state index in [0.29, 0.717) is 11.3 Å². The van der Waals surface area contributed by atoms with Crippen LogP contribution in [-0.4, -0.2) is 58.1 Å². The summed E-state index contributed by atoms with van der Waals surface area (Å²) in [5, 5.41) is 15.1. The summed E-state index contributed by atoms with van der Waals surface area (Å²) in [6.45, 7) is 0.862. The van der Waals surface area contributed by atoms with Crippen molar-refractivity contribution in [3.8, 4) is 11.8 Å². The first kappa shape index (κ1) is 23.3. The van der Waals surface area contributed by atoms with Gasteiger partial charge in [0.05, 0.1) is 6.33 Å². The number of aromatic amines is 1. The molecule has 0 aliphatic carbocycles. The minimum absolute atomic E-state index is 0.0395. The third-order valence-electron chi connectivity index (χ3n) is 4.29. The highest BCUT2D eigenvalue weighted by molar-refractivity contribution is 5.98. The van der Waals surface area contributed by atoms with Crippen molar-refractivity contribution in [2.24, 2.45) is 0 Å². The number of hydroxylamine groups is 1. The van der Waals surface area contributed by atoms with Crippen molar-refractivity contribution in [2.75, 3.05) is 7.05 Å². The second kappa shape index (κ2) is 10.2. The molecule has 0 radical (unpaired) electrons. The summed E-state index contributed by atoms with van der Waals surface area (Å²) in [4.78, 5) is 42.9. The first-order valence-corrected chi connectivity index (χ1v) is 8.85. The highest BCUT2D eigenvalue weighted by Gasteiger charge is 2.48. The summed E-state index contributed by atoms with van der Waals surface area (Å²) in [5.74, 6) is 3.41. The Balaban J connectivity index is 2.23. The number of nitrogens with one attached hydrogen (secondary N) is 5. The Kier molecular flexibility index (Phi) is 7.64. The second-order valence-electron chi connectivity index (χ2n) is 6.45. The summed E-state index contributed by atoms with van der Waals surface area (Å²) in [7, 11) is 1.19. The maximum Gasteiger partial charge on any atom is 0.315 e. The van der Waals surface area contributed by atoms with E-state index in [-0.39, 0.29) is 5.56 Å². The van der Waals surface area contributed by atoms with Crippen molar-refractivity contribution in [1.29, 1.82) is 0 Å². The molecule has 164 valence electrons. The molecule has 10 nitrogen and oxygen atoms in total. The molecule has 2 rings (SSSR count). The molecule has 1 heterocycles. The van der Waals surface area contributed by atoms with Crippen molar-refractivity contribution in [2.45, 2.75) is 24.9 Å². The molecule has 0 saturated carbocycles. The number of carbonyl (C=O) groups is 3. The molecule has 6 N–H and O–H groups in total. The van der Waals surface area contributed by atoms with Gasteiger partial charge in [-0.15, -0.1) is 0 Å². The average Bonchev–Trinajstić information content (AvgIpc) is 3.29. The monoisotopic (exact) mass is 434 g/mol. The molecule has 12 heteroatoms. The highest BCUT2D eigenvalue weighted by Crippen LogP contribution is 2.21. The number of amides is 4. The number of nitrogens with zero attached hydrogens (tertiary/aromatic N) is 1. The highest BCUT2D eigenvalue weighted by atomic mass is 19.3. The van der Waals surface area contributed by atoms with Gasteiger partial charge in [-0.3, -0.25) is 14.8 Å². The van der Waals surface area contributed by atoms with E-state index in [1.807, 2.05) is 5.32 Å². The number of hydrogen-bond acceptors (Lipinski definition) is 5. The Hall–Kier alpha value is -3.98. The lowest BCUT2D eigenvalue weighted by atomic mass is 9.91. The molecule has 0 aliphatic rings. The van der Waals surface area contributed by atoms with E-state index in [9.17, 15) is 23.2 Å². The molecule has 1 unspecified atom stereocenters. The smallest absolute Gasteiger partial charge is 0.315 e. The Morgan fingerprint density at radius 3 is 2.39 bits per heavy atom. The fourth-order valence-electron chi connectivity index (χ4n) is 2.50. The van der Waals surface area contributed by atoms with E-state index in [4.69, 9.17) is 5.21 Å². The van der Waals surface area contributed by atoms with E-state index < -0.39 is 35.9 Å². The second-order valence-corrected chi connectivity index (χ2v) is 6.45. The lowest BCUT2D eigenvalue weighted by molar-refractivity contribution is -0.135. The van der Waals surface area contributed by atoms with Crippen molar-refractivity contribution < 1.29 is 28.4 Å². The van der Waals surface area contributed by atoms with Crippen LogP contribution in [0.5, 0.6) is 0 Å². The maximum absolute atomic E-state index is 13.8. The summed E-state index contributed by atoms with van der Waals surface area (Å²) >= 11 is 0. The molecule has 0 fully saturated rings. The summed E-state index contributed by atoms with van der Waals surface area (Å²) in [6.07, 6.45) is -0.191. The number of alkyl halides is 2. The number of hydrogen-bond donors (Lipinski definition) is 6. The lowest BCUT2D eigenvalue weighted by Crippen LogP contribution is -2.69. The molecule has 0 aliphatic heterocycles. The molecular formula is C19H20F2N6O4. The third-order valence-corrected chi connectivity index (χ3v) is 4.29. The summed E-state index contributed by atoms with van der Waals surface area (Å²) in [5.41, 5.74) is -0.182. The minimum atomic E-state index is -3.27. The topological polar surface area (TPSA) is 148 Å². The van der Waals surface area contributed by atoms with Crippen LogP contribution in [-0.2, 0) is 4.79 Å². The van der Waals surface area contributed by atoms with Crippen molar-refractivity contribution in [1.82, 2.24) is 31.4 Å². The van der Waals surface area contributed by atoms with E-state index in [1.165, 1.54) is 43.1 Å². The molecule has 31 heavy (non-hydrogen) atoms. The minimum Gasteiger partial charge on any atom is -0.350 e. The van der Waals surface area contributed by atoms with Crippen molar-refractivity contribution >= 4 is 17.8 Å². The van der Waals surface area contributed by atoms with Crippen molar-refractivity contribution in [3.05, 3.63) is 53.6 Å². The molecule has 0 saturated heterocycles. The van der Waals surface area contributed by atoms with Crippen LogP contribution in [0.2, 0.25) is 0 Å². The zero-order valence-electron chi connectivity index (χ0n) is 16.5. The quantitative estimate of drug-likeness (QED) is 0.221. The maximum atomic E-state index is 13.8. The number of imidazole rings is 1. The summed E-state index contributed by atoms with van der Waals surface area (Å²) < 4.78 is 27.5. The number of urea groups is 1. The summed E-state index contributed by atoms with van der Waals surface area (Å²) in [6, 6.07) is 2.79. The van der Waals surface area contributed by atoms with Gasteiger partial charge in [0.1, 0.15) is 17.3 Å². The predicted molar refractivity (Wildman–Crippen MR) is 104 cm³/mol. The molecule has 2 atom stereocenters. The van der Waals surface area contributed by atoms with Gasteiger partial charge in [0, 0.05) is 24.4 Å². The van der Waals surface area contributed by atoms with Crippen LogP contribution in [0.25, 0.3) is 0 Å². The van der Waals surface area contributed by atoms with Crippen LogP contribution in [0.4, 0.5) is 13.6 Å². The van der Waals surface area contributed by atoms with Gasteiger partial charge in [0.2, 0.25) is 0 Å². The van der Waals surface area contributed by atoms with Crippen LogP contribution >= 0.6 is 0 Å². The van der Waals surface area contributed by atoms with Crippen LogP contribution in [0, 0.1) is 11.8 Å². The molecular weight excluding hydrogens is 414 g/mol. The fraction of sp³-hybridized carbons (Fsp3) is 0.263. The molecule has 0 bridgehead atoms. The fourth-order valence-corrected chi connectivity index (χ4v) is 2.50. The number of H-pyrrole nitrogens is 1. The SMILES string of the molecule is CNC(=O)NC(C)(C(F)F)[C@H](NC(=O)c1ccc(C#Cc2c[nH]cn2)cc1)C(=O)NO. The van der Waals surface area contributed by atoms with Crippen molar-refractivity contribution in [3.63, 3.8) is 0 Å². The van der Waals surface area contributed by atoms with Crippen LogP contribution in [0.1, 0.15) is 28.5 Å². The zero-order valence-corrected chi connectivity index (χ0v) is 16.5. The first-order valence-electron chi connectivity index (χ1n) is 8.85. The standard InChI is InChI=1S/C19H20F2N6O4/c1-19(17(20)21,26-18(30)22-2)14(16(29)27-31)25-15(28)12-6-3-11(4-7-12)5-8-13-9-23-10-24-13/h3-4,6-7,9-10,14,17,31H,1-2H3,(H,23,24)(H,25,28)(H,27,29)(H2,22,26,30)/t14-,19?/m1/s1. The van der Waals surface area contributed by atoms with Gasteiger partial charge < -0.3 is 20.9 Å². The normalized spacial score (nSPS) is 13.2. The Morgan fingerprint density at radius 2 is 1.87 bits per heavy atom. The van der Waals surface area contributed by atoms with Gasteiger partial charge in [-0.1, -0.05) is 5.92 Å². The van der Waals surface area contributed by atoms with Crippen LogP contribution < -0.4 is 21.4 Å². The van der Waals surface area contributed by atoms with E-state index in [1.54, 1.807) is 6.20 Å². The Morgan fingerprint density at radius 1 is 1.19 bits per heavy atom. The van der Waals surface area contributed by atoms with E-state index in [0.717, 1.165) is 6.92 Å². The molecule has 1 aromatic carbocycles. The van der Waals surface area contributed by atoms with Gasteiger partial charge >= 0.3 is 6.03 Å². The number of benzene rings is 1. The zero-order chi connectivity index (χ0) is 23.0. The van der Waals surface area contributed by atoms with E-state index in [2.05, 4.69) is 32.4 Å². The van der Waals surface area contributed by atoms with Gasteiger partial charge in [-0.25, -0.2) is 24.0 Å². The average molecular weight is 434 g/mol. The lowest BCUT2D eigenvalue weighted by Gasteiger charge is -2.36. The van der Waals surface area contributed by atoms with Crippen LogP contribution in [0.15, 0.2) is 36.8 Å². The largest absolute Gasteiger partial charge is 0.350 e. The number of halogens is 2. The molecule has 4 amide bonds. The van der Waals surface area contributed by atoms with Gasteiger partial charge in [0.25, 0.3) is 18.2 Å². The Labute approximate surface area is 175 Å². The third kappa shape index (κ3) is 5.77. The molecule has 2 aromatic rings. The number of carbonyl (C=O) groups excluding carboxylic acids is 3. The van der Waals surface area contributed by atoms with Gasteiger partial charge in [-0.05, 0) is 37.1 Å². The van der Waals surface area contributed by atoms with Gasteiger partial charge in [-0.2, -0.15) is 0 Å². The van der Waals surface area contributed by atoms with Gasteiger partial charge in [0.15, 0.2) is 0 Å². The number of aromatic nitrogens is 2. The van der Waals surface area contributed by atoms with E-state index >= 15 is 0 Å².